The highest BCUT2D eigenvalue weighted by Crippen LogP contribution is 2.29. The average Bonchev–Trinajstić information content (AvgIpc) is 3.03. The molecular formula is C16H22N4O2S. The van der Waals surface area contributed by atoms with E-state index in [9.17, 15) is 4.79 Å². The van der Waals surface area contributed by atoms with Crippen LogP contribution in [0.4, 0.5) is 0 Å². The first-order valence-electron chi connectivity index (χ1n) is 7.61. The molecule has 0 aliphatic carbocycles. The summed E-state index contributed by atoms with van der Waals surface area (Å²) in [7, 11) is 1.63. The molecule has 0 aliphatic rings. The molecule has 7 heteroatoms. The Bertz CT molecular complexity index is 655. The molecule has 124 valence electrons. The highest BCUT2D eigenvalue weighted by Gasteiger charge is 2.22. The predicted octanol–water partition coefficient (Wildman–Crippen LogP) is 2.62. The Balaban J connectivity index is 2.23. The van der Waals surface area contributed by atoms with Gasteiger partial charge in [-0.1, -0.05) is 23.9 Å². The van der Waals surface area contributed by atoms with E-state index in [1.54, 1.807) is 13.4 Å². The second-order valence-electron chi connectivity index (χ2n) is 4.93. The van der Waals surface area contributed by atoms with Gasteiger partial charge in [-0.2, -0.15) is 0 Å². The fourth-order valence-electron chi connectivity index (χ4n) is 2.30. The van der Waals surface area contributed by atoms with E-state index in [1.807, 2.05) is 54.5 Å². The van der Waals surface area contributed by atoms with Gasteiger partial charge < -0.3 is 9.64 Å². The van der Waals surface area contributed by atoms with Crippen molar-refractivity contribution in [1.29, 1.82) is 0 Å². The summed E-state index contributed by atoms with van der Waals surface area (Å²) in [5.41, 5.74) is 0.852. The Hall–Kier alpha value is -2.02. The summed E-state index contributed by atoms with van der Waals surface area (Å²) < 4.78 is 7.23. The van der Waals surface area contributed by atoms with Crippen LogP contribution in [-0.2, 0) is 4.79 Å². The number of carbonyl (C=O) groups is 1. The second-order valence-corrected chi connectivity index (χ2v) is 6.23. The molecular weight excluding hydrogens is 312 g/mol. The molecule has 2 rings (SSSR count). The third-order valence-electron chi connectivity index (χ3n) is 3.57. The van der Waals surface area contributed by atoms with E-state index >= 15 is 0 Å². The van der Waals surface area contributed by atoms with Crippen molar-refractivity contribution in [3.8, 4) is 11.4 Å². The largest absolute Gasteiger partial charge is 0.495 e. The van der Waals surface area contributed by atoms with Crippen LogP contribution in [0.2, 0.25) is 0 Å². The molecule has 0 spiro atoms. The van der Waals surface area contributed by atoms with Crippen LogP contribution >= 0.6 is 11.8 Å². The molecule has 1 heterocycles. The van der Waals surface area contributed by atoms with Crippen molar-refractivity contribution < 1.29 is 9.53 Å². The molecule has 1 unspecified atom stereocenters. The Labute approximate surface area is 140 Å². The van der Waals surface area contributed by atoms with E-state index in [0.717, 1.165) is 11.4 Å². The number of hydrogen-bond acceptors (Lipinski definition) is 5. The van der Waals surface area contributed by atoms with Crippen molar-refractivity contribution in [2.75, 3.05) is 20.2 Å². The Morgan fingerprint density at radius 3 is 2.70 bits per heavy atom. The zero-order valence-electron chi connectivity index (χ0n) is 13.9. The lowest BCUT2D eigenvalue weighted by Crippen LogP contribution is -2.36. The van der Waals surface area contributed by atoms with Crippen LogP contribution < -0.4 is 4.74 Å². The van der Waals surface area contributed by atoms with Crippen molar-refractivity contribution >= 4 is 17.7 Å². The minimum absolute atomic E-state index is 0.106. The smallest absolute Gasteiger partial charge is 0.235 e. The zero-order chi connectivity index (χ0) is 16.8. The van der Waals surface area contributed by atoms with Crippen molar-refractivity contribution in [1.82, 2.24) is 19.7 Å². The fourth-order valence-corrected chi connectivity index (χ4v) is 3.22. The molecule has 2 aromatic rings. The fraction of sp³-hybridized carbons (Fsp3) is 0.438. The van der Waals surface area contributed by atoms with E-state index in [0.29, 0.717) is 18.2 Å². The van der Waals surface area contributed by atoms with Crippen molar-refractivity contribution in [2.24, 2.45) is 0 Å². The van der Waals surface area contributed by atoms with Gasteiger partial charge in [0, 0.05) is 13.1 Å². The quantitative estimate of drug-likeness (QED) is 0.729. The average molecular weight is 334 g/mol. The molecule has 1 aromatic carbocycles. The van der Waals surface area contributed by atoms with Gasteiger partial charge in [0.15, 0.2) is 5.16 Å². The van der Waals surface area contributed by atoms with Crippen LogP contribution in [-0.4, -0.2) is 51.0 Å². The van der Waals surface area contributed by atoms with Gasteiger partial charge >= 0.3 is 0 Å². The molecule has 0 bridgehead atoms. The van der Waals surface area contributed by atoms with Crippen LogP contribution in [0.5, 0.6) is 5.75 Å². The summed E-state index contributed by atoms with van der Waals surface area (Å²) in [6.45, 7) is 7.28. The van der Waals surface area contributed by atoms with Gasteiger partial charge in [0.25, 0.3) is 0 Å². The second kappa shape index (κ2) is 8.01. The molecule has 0 aliphatic heterocycles. The van der Waals surface area contributed by atoms with Crippen LogP contribution in [0.3, 0.4) is 0 Å². The molecule has 0 saturated carbocycles. The number of carbonyl (C=O) groups excluding carboxylic acids is 1. The summed E-state index contributed by atoms with van der Waals surface area (Å²) in [5.74, 6) is 0.839. The topological polar surface area (TPSA) is 60.2 Å². The van der Waals surface area contributed by atoms with Crippen molar-refractivity contribution in [3.05, 3.63) is 30.6 Å². The number of rotatable bonds is 7. The van der Waals surface area contributed by atoms with Gasteiger partial charge in [0.05, 0.1) is 18.0 Å². The first-order valence-corrected chi connectivity index (χ1v) is 8.49. The number of methoxy groups -OCH3 is 1. The number of ether oxygens (including phenoxy) is 1. The lowest BCUT2D eigenvalue weighted by Gasteiger charge is -2.22. The van der Waals surface area contributed by atoms with E-state index in [1.165, 1.54) is 11.8 Å². The summed E-state index contributed by atoms with van der Waals surface area (Å²) in [6, 6.07) is 7.65. The minimum Gasteiger partial charge on any atom is -0.495 e. The third kappa shape index (κ3) is 3.85. The van der Waals surface area contributed by atoms with Gasteiger partial charge in [-0.25, -0.2) is 0 Å². The summed E-state index contributed by atoms with van der Waals surface area (Å²) in [6.07, 6.45) is 1.63. The summed E-state index contributed by atoms with van der Waals surface area (Å²) >= 11 is 1.40. The number of nitrogens with zero attached hydrogens (tertiary/aromatic N) is 4. The minimum atomic E-state index is -0.229. The van der Waals surface area contributed by atoms with Gasteiger partial charge in [0.2, 0.25) is 5.91 Å². The first kappa shape index (κ1) is 17.3. The zero-order valence-corrected chi connectivity index (χ0v) is 14.7. The molecule has 1 amide bonds. The number of hydrogen-bond donors (Lipinski definition) is 0. The number of amides is 1. The monoisotopic (exact) mass is 334 g/mol. The number of thioether (sulfide) groups is 1. The maximum absolute atomic E-state index is 12.4. The highest BCUT2D eigenvalue weighted by atomic mass is 32.2. The normalized spacial score (nSPS) is 12.0. The molecule has 0 radical (unpaired) electrons. The maximum atomic E-state index is 12.4. The standard InChI is InChI=1S/C16H22N4O2S/c1-5-19(6-2)15(21)12(3)23-16-18-17-11-20(16)13-9-7-8-10-14(13)22-4/h7-12H,5-6H2,1-4H3. The molecule has 6 nitrogen and oxygen atoms in total. The van der Waals surface area contributed by atoms with Crippen molar-refractivity contribution in [3.63, 3.8) is 0 Å². The third-order valence-corrected chi connectivity index (χ3v) is 4.61. The number of aromatic nitrogens is 3. The highest BCUT2D eigenvalue weighted by molar-refractivity contribution is 8.00. The lowest BCUT2D eigenvalue weighted by molar-refractivity contribution is -0.129. The van der Waals surface area contributed by atoms with Crippen LogP contribution in [0.15, 0.2) is 35.7 Å². The van der Waals surface area contributed by atoms with E-state index < -0.39 is 0 Å². The maximum Gasteiger partial charge on any atom is 0.235 e. The van der Waals surface area contributed by atoms with E-state index in [2.05, 4.69) is 10.2 Å². The number of benzene rings is 1. The van der Waals surface area contributed by atoms with Gasteiger partial charge in [0.1, 0.15) is 12.1 Å². The summed E-state index contributed by atoms with van der Waals surface area (Å²) in [5, 5.41) is 8.57. The Morgan fingerprint density at radius 1 is 1.35 bits per heavy atom. The molecule has 23 heavy (non-hydrogen) atoms. The van der Waals surface area contributed by atoms with Crippen LogP contribution in [0, 0.1) is 0 Å². The van der Waals surface area contributed by atoms with Gasteiger partial charge in [-0.3, -0.25) is 9.36 Å². The number of para-hydroxylation sites is 2. The van der Waals surface area contributed by atoms with E-state index in [4.69, 9.17) is 4.74 Å². The van der Waals surface area contributed by atoms with E-state index in [-0.39, 0.29) is 11.2 Å². The SMILES string of the molecule is CCN(CC)C(=O)C(C)Sc1nncn1-c1ccccc1OC. The predicted molar refractivity (Wildman–Crippen MR) is 91.2 cm³/mol. The Kier molecular flexibility index (Phi) is 6.04. The summed E-state index contributed by atoms with van der Waals surface area (Å²) in [4.78, 5) is 14.2. The molecule has 1 atom stereocenters. The van der Waals surface area contributed by atoms with Gasteiger partial charge in [-0.15, -0.1) is 10.2 Å². The van der Waals surface area contributed by atoms with Crippen molar-refractivity contribution in [2.45, 2.75) is 31.2 Å². The van der Waals surface area contributed by atoms with Gasteiger partial charge in [-0.05, 0) is 32.9 Å². The van der Waals surface area contributed by atoms with Crippen LogP contribution in [0.25, 0.3) is 5.69 Å². The molecule has 1 aromatic heterocycles. The molecule has 0 saturated heterocycles. The first-order chi connectivity index (χ1) is 11.1. The van der Waals surface area contributed by atoms with Crippen LogP contribution in [0.1, 0.15) is 20.8 Å². The molecule has 0 N–H and O–H groups in total. The Morgan fingerprint density at radius 2 is 2.04 bits per heavy atom. The lowest BCUT2D eigenvalue weighted by atomic mass is 10.3. The molecule has 0 fully saturated rings.